The van der Waals surface area contributed by atoms with Gasteiger partial charge in [0.25, 0.3) is 0 Å². The molecular weight excluding hydrogens is 248 g/mol. The van der Waals surface area contributed by atoms with Gasteiger partial charge in [-0.1, -0.05) is 30.3 Å². The SMILES string of the molecule is Cc1cccc2c1-c1[nH]c3ccccc3c1CC(=O)N2. The maximum Gasteiger partial charge on any atom is 0.228 e. The Balaban J connectivity index is 2.14. The Morgan fingerprint density at radius 2 is 1.90 bits per heavy atom. The van der Waals surface area contributed by atoms with E-state index < -0.39 is 0 Å². The van der Waals surface area contributed by atoms with Crippen molar-refractivity contribution in [2.24, 2.45) is 0 Å². The van der Waals surface area contributed by atoms with Crippen molar-refractivity contribution in [3.63, 3.8) is 0 Å². The van der Waals surface area contributed by atoms with Crippen LogP contribution in [0.15, 0.2) is 42.5 Å². The summed E-state index contributed by atoms with van der Waals surface area (Å²) in [5.74, 6) is 0.0420. The number of hydrogen-bond acceptors (Lipinski definition) is 1. The monoisotopic (exact) mass is 262 g/mol. The van der Waals surface area contributed by atoms with Crippen LogP contribution in [0.3, 0.4) is 0 Å². The largest absolute Gasteiger partial charge is 0.354 e. The van der Waals surface area contributed by atoms with Crippen molar-refractivity contribution in [3.8, 4) is 11.3 Å². The molecule has 0 fully saturated rings. The van der Waals surface area contributed by atoms with Crippen LogP contribution in [0.1, 0.15) is 11.1 Å². The highest BCUT2D eigenvalue weighted by Gasteiger charge is 2.23. The molecule has 2 aromatic carbocycles. The van der Waals surface area contributed by atoms with Crippen molar-refractivity contribution in [3.05, 3.63) is 53.6 Å². The van der Waals surface area contributed by atoms with E-state index >= 15 is 0 Å². The van der Waals surface area contributed by atoms with E-state index in [0.29, 0.717) is 6.42 Å². The fourth-order valence-corrected chi connectivity index (χ4v) is 3.06. The van der Waals surface area contributed by atoms with Crippen molar-refractivity contribution < 1.29 is 4.79 Å². The van der Waals surface area contributed by atoms with E-state index in [-0.39, 0.29) is 5.91 Å². The molecule has 0 atom stereocenters. The van der Waals surface area contributed by atoms with Crippen molar-refractivity contribution in [1.29, 1.82) is 0 Å². The molecule has 0 aliphatic carbocycles. The third-order valence-electron chi connectivity index (χ3n) is 3.95. The molecule has 0 saturated carbocycles. The summed E-state index contributed by atoms with van der Waals surface area (Å²) in [6, 6.07) is 14.2. The van der Waals surface area contributed by atoms with E-state index in [1.807, 2.05) is 24.3 Å². The Kier molecular flexibility index (Phi) is 2.24. The molecule has 20 heavy (non-hydrogen) atoms. The highest BCUT2D eigenvalue weighted by molar-refractivity contribution is 6.05. The van der Waals surface area contributed by atoms with E-state index in [2.05, 4.69) is 35.4 Å². The number of benzene rings is 2. The molecule has 98 valence electrons. The molecule has 1 amide bonds. The molecule has 2 heterocycles. The number of para-hydroxylation sites is 1. The molecule has 3 aromatic rings. The van der Waals surface area contributed by atoms with Crippen molar-refractivity contribution in [1.82, 2.24) is 4.98 Å². The van der Waals surface area contributed by atoms with Crippen LogP contribution in [0.5, 0.6) is 0 Å². The number of carbonyl (C=O) groups excluding carboxylic acids is 1. The third-order valence-corrected chi connectivity index (χ3v) is 3.95. The zero-order valence-corrected chi connectivity index (χ0v) is 11.2. The van der Waals surface area contributed by atoms with Gasteiger partial charge in [0, 0.05) is 16.5 Å². The average Bonchev–Trinajstić information content (AvgIpc) is 2.70. The van der Waals surface area contributed by atoms with Crippen molar-refractivity contribution in [2.75, 3.05) is 5.32 Å². The third kappa shape index (κ3) is 1.50. The lowest BCUT2D eigenvalue weighted by atomic mass is 9.99. The number of aryl methyl sites for hydroxylation is 1. The average molecular weight is 262 g/mol. The van der Waals surface area contributed by atoms with Gasteiger partial charge in [0.05, 0.1) is 17.8 Å². The minimum Gasteiger partial charge on any atom is -0.354 e. The van der Waals surface area contributed by atoms with Gasteiger partial charge in [0.1, 0.15) is 0 Å². The lowest BCUT2D eigenvalue weighted by Gasteiger charge is -2.09. The number of aromatic nitrogens is 1. The molecule has 1 aliphatic heterocycles. The summed E-state index contributed by atoms with van der Waals surface area (Å²) < 4.78 is 0. The molecule has 2 N–H and O–H groups in total. The first-order valence-electron chi connectivity index (χ1n) is 6.73. The molecule has 0 bridgehead atoms. The standard InChI is InChI=1S/C17H14N2O/c1-10-5-4-8-14-16(10)17-12(9-15(20)18-14)11-6-2-3-7-13(11)19-17/h2-8,19H,9H2,1H3,(H,18,20). The van der Waals surface area contributed by atoms with Gasteiger partial charge in [0.15, 0.2) is 0 Å². The zero-order chi connectivity index (χ0) is 13.7. The van der Waals surface area contributed by atoms with Gasteiger partial charge in [-0.15, -0.1) is 0 Å². The maximum atomic E-state index is 12.1. The Bertz CT molecular complexity index is 845. The van der Waals surface area contributed by atoms with E-state index in [1.54, 1.807) is 0 Å². The minimum atomic E-state index is 0.0420. The summed E-state index contributed by atoms with van der Waals surface area (Å²) in [6.07, 6.45) is 0.410. The van der Waals surface area contributed by atoms with Gasteiger partial charge in [-0.25, -0.2) is 0 Å². The second-order valence-electron chi connectivity index (χ2n) is 5.25. The number of aromatic amines is 1. The summed E-state index contributed by atoms with van der Waals surface area (Å²) in [5.41, 5.74) is 6.40. The van der Waals surface area contributed by atoms with Crippen LogP contribution in [0.2, 0.25) is 0 Å². The second kappa shape index (κ2) is 3.97. The summed E-state index contributed by atoms with van der Waals surface area (Å²) in [4.78, 5) is 15.6. The van der Waals surface area contributed by atoms with Crippen LogP contribution >= 0.6 is 0 Å². The lowest BCUT2D eigenvalue weighted by molar-refractivity contribution is -0.115. The van der Waals surface area contributed by atoms with E-state index in [1.165, 1.54) is 0 Å². The summed E-state index contributed by atoms with van der Waals surface area (Å²) in [7, 11) is 0. The predicted octanol–water partition coefficient (Wildman–Crippen LogP) is 3.64. The topological polar surface area (TPSA) is 44.9 Å². The highest BCUT2D eigenvalue weighted by atomic mass is 16.1. The normalized spacial score (nSPS) is 13.6. The summed E-state index contributed by atoms with van der Waals surface area (Å²) in [6.45, 7) is 2.07. The fraction of sp³-hybridized carbons (Fsp3) is 0.118. The number of fused-ring (bicyclic) bond motifs is 5. The molecule has 0 unspecified atom stereocenters. The number of nitrogens with one attached hydrogen (secondary N) is 2. The molecule has 0 radical (unpaired) electrons. The number of rotatable bonds is 0. The number of H-pyrrole nitrogens is 1. The van der Waals surface area contributed by atoms with Gasteiger partial charge in [-0.3, -0.25) is 4.79 Å². The van der Waals surface area contributed by atoms with Crippen molar-refractivity contribution >= 4 is 22.5 Å². The number of anilines is 1. The zero-order valence-electron chi connectivity index (χ0n) is 11.2. The van der Waals surface area contributed by atoms with Crippen molar-refractivity contribution in [2.45, 2.75) is 13.3 Å². The Morgan fingerprint density at radius 3 is 2.80 bits per heavy atom. The first kappa shape index (κ1) is 11.3. The number of carbonyl (C=O) groups is 1. The van der Waals surface area contributed by atoms with Gasteiger partial charge in [-0.05, 0) is 30.2 Å². The first-order chi connectivity index (χ1) is 9.74. The van der Waals surface area contributed by atoms with Gasteiger partial charge >= 0.3 is 0 Å². The van der Waals surface area contributed by atoms with Crippen LogP contribution in [0.4, 0.5) is 5.69 Å². The molecule has 3 nitrogen and oxygen atoms in total. The summed E-state index contributed by atoms with van der Waals surface area (Å²) >= 11 is 0. The molecule has 0 spiro atoms. The Morgan fingerprint density at radius 1 is 1.05 bits per heavy atom. The summed E-state index contributed by atoms with van der Waals surface area (Å²) in [5, 5.41) is 4.14. The van der Waals surface area contributed by atoms with E-state index in [9.17, 15) is 4.79 Å². The highest BCUT2D eigenvalue weighted by Crippen LogP contribution is 2.39. The molecule has 3 heteroatoms. The van der Waals surface area contributed by atoms with Gasteiger partial charge in [-0.2, -0.15) is 0 Å². The lowest BCUT2D eigenvalue weighted by Crippen LogP contribution is -2.12. The molecule has 0 saturated heterocycles. The fourth-order valence-electron chi connectivity index (χ4n) is 3.06. The smallest absolute Gasteiger partial charge is 0.228 e. The number of hydrogen-bond donors (Lipinski definition) is 2. The van der Waals surface area contributed by atoms with Crippen LogP contribution in [0.25, 0.3) is 22.2 Å². The van der Waals surface area contributed by atoms with Crippen LogP contribution < -0.4 is 5.32 Å². The molecular formula is C17H14N2O. The van der Waals surface area contributed by atoms with E-state index in [4.69, 9.17) is 0 Å². The van der Waals surface area contributed by atoms with Crippen LogP contribution in [-0.4, -0.2) is 10.9 Å². The molecule has 4 rings (SSSR count). The number of amides is 1. The van der Waals surface area contributed by atoms with E-state index in [0.717, 1.165) is 39.0 Å². The molecule has 1 aliphatic rings. The first-order valence-corrected chi connectivity index (χ1v) is 6.73. The molecule has 1 aromatic heterocycles. The van der Waals surface area contributed by atoms with Gasteiger partial charge < -0.3 is 10.3 Å². The Labute approximate surface area is 116 Å². The minimum absolute atomic E-state index is 0.0420. The van der Waals surface area contributed by atoms with Gasteiger partial charge in [0.2, 0.25) is 5.91 Å². The quantitative estimate of drug-likeness (QED) is 0.638. The van der Waals surface area contributed by atoms with Crippen LogP contribution in [0, 0.1) is 6.92 Å². The predicted molar refractivity (Wildman–Crippen MR) is 80.8 cm³/mol. The second-order valence-corrected chi connectivity index (χ2v) is 5.25. The Hall–Kier alpha value is -2.55. The van der Waals surface area contributed by atoms with Crippen LogP contribution in [-0.2, 0) is 11.2 Å². The maximum absolute atomic E-state index is 12.1.